The number of hydrogen-bond donors (Lipinski definition) is 1. The molecular weight excluding hydrogens is 402 g/mol. The monoisotopic (exact) mass is 423 g/mol. The molecule has 8 nitrogen and oxygen atoms in total. The third-order valence-electron chi connectivity index (χ3n) is 4.61. The summed E-state index contributed by atoms with van der Waals surface area (Å²) in [7, 11) is 3.23. The molecule has 4 rings (SSSR count). The Balaban J connectivity index is 1.39. The van der Waals surface area contributed by atoms with Crippen molar-refractivity contribution in [3.05, 3.63) is 64.6 Å². The van der Waals surface area contributed by atoms with Crippen molar-refractivity contribution in [3.63, 3.8) is 0 Å². The van der Waals surface area contributed by atoms with Crippen molar-refractivity contribution in [1.82, 2.24) is 19.6 Å². The number of methoxy groups -OCH3 is 2. The number of carbonyl (C=O) groups is 1. The summed E-state index contributed by atoms with van der Waals surface area (Å²) in [6.45, 7) is 1.99. The predicted molar refractivity (Wildman–Crippen MR) is 115 cm³/mol. The Morgan fingerprint density at radius 3 is 2.73 bits per heavy atom. The zero-order valence-electron chi connectivity index (χ0n) is 16.9. The number of anilines is 1. The lowest BCUT2D eigenvalue weighted by atomic mass is 10.1. The summed E-state index contributed by atoms with van der Waals surface area (Å²) in [4.78, 5) is 16.9. The van der Waals surface area contributed by atoms with Crippen LogP contribution in [0.5, 0.6) is 11.5 Å². The van der Waals surface area contributed by atoms with Crippen LogP contribution >= 0.6 is 11.3 Å². The van der Waals surface area contributed by atoms with Crippen molar-refractivity contribution in [2.75, 3.05) is 19.5 Å². The molecule has 0 radical (unpaired) electrons. The normalized spacial score (nSPS) is 10.9. The van der Waals surface area contributed by atoms with Crippen molar-refractivity contribution in [3.8, 4) is 11.5 Å². The second-order valence-electron chi connectivity index (χ2n) is 6.74. The maximum Gasteiger partial charge on any atom is 0.277 e. The van der Waals surface area contributed by atoms with Gasteiger partial charge in [-0.25, -0.2) is 4.98 Å². The van der Waals surface area contributed by atoms with Crippen LogP contribution in [-0.2, 0) is 12.8 Å². The molecule has 30 heavy (non-hydrogen) atoms. The molecule has 0 aliphatic rings. The number of nitrogens with zero attached hydrogens (tertiary/aromatic N) is 4. The van der Waals surface area contributed by atoms with Gasteiger partial charge in [-0.15, -0.1) is 10.2 Å². The van der Waals surface area contributed by atoms with Crippen molar-refractivity contribution in [2.45, 2.75) is 19.8 Å². The number of benzene rings is 1. The van der Waals surface area contributed by atoms with Gasteiger partial charge in [-0.05, 0) is 48.7 Å². The van der Waals surface area contributed by atoms with Gasteiger partial charge < -0.3 is 13.9 Å². The van der Waals surface area contributed by atoms with E-state index in [-0.39, 0.29) is 5.91 Å². The maximum atomic E-state index is 12.5. The van der Waals surface area contributed by atoms with Crippen LogP contribution < -0.4 is 14.8 Å². The standard InChI is InChI=1S/C21H21N5O3S/c1-13-8-9-26-12-15(22-18(26)10-13)20(27)23-21-25-24-19(30-21)7-5-14-4-6-16(28-2)17(11-14)29-3/h4,6,8-12H,5,7H2,1-3H3,(H,23,25,27). The lowest BCUT2D eigenvalue weighted by molar-refractivity contribution is 0.102. The SMILES string of the molecule is COc1ccc(CCc2nnc(NC(=O)c3cn4ccc(C)cc4n3)s2)cc1OC. The Bertz CT molecular complexity index is 1200. The van der Waals surface area contributed by atoms with E-state index in [1.165, 1.54) is 11.3 Å². The average molecular weight is 423 g/mol. The molecule has 0 atom stereocenters. The Morgan fingerprint density at radius 1 is 1.10 bits per heavy atom. The van der Waals surface area contributed by atoms with Gasteiger partial charge in [-0.2, -0.15) is 0 Å². The zero-order chi connectivity index (χ0) is 21.1. The molecule has 1 aromatic carbocycles. The summed E-state index contributed by atoms with van der Waals surface area (Å²) in [5.74, 6) is 1.09. The number of nitrogens with one attached hydrogen (secondary N) is 1. The van der Waals surface area contributed by atoms with Gasteiger partial charge in [0.1, 0.15) is 16.3 Å². The van der Waals surface area contributed by atoms with Crippen LogP contribution in [0.15, 0.2) is 42.7 Å². The third-order valence-corrected chi connectivity index (χ3v) is 5.51. The smallest absolute Gasteiger partial charge is 0.277 e. The van der Waals surface area contributed by atoms with Crippen LogP contribution in [-0.4, -0.2) is 39.7 Å². The lowest BCUT2D eigenvalue weighted by Gasteiger charge is -2.08. The van der Waals surface area contributed by atoms with Crippen LogP contribution in [0.25, 0.3) is 5.65 Å². The van der Waals surface area contributed by atoms with E-state index in [1.807, 2.05) is 47.9 Å². The van der Waals surface area contributed by atoms with Crippen LogP contribution in [0.1, 0.15) is 26.6 Å². The topological polar surface area (TPSA) is 90.6 Å². The van der Waals surface area contributed by atoms with Crippen molar-refractivity contribution in [2.24, 2.45) is 0 Å². The first-order chi connectivity index (χ1) is 14.6. The molecule has 0 fully saturated rings. The minimum atomic E-state index is -0.307. The summed E-state index contributed by atoms with van der Waals surface area (Å²) in [5, 5.41) is 12.3. The van der Waals surface area contributed by atoms with E-state index in [2.05, 4.69) is 20.5 Å². The fourth-order valence-electron chi connectivity index (χ4n) is 3.05. The van der Waals surface area contributed by atoms with Crippen molar-refractivity contribution >= 4 is 28.0 Å². The molecule has 0 unspecified atom stereocenters. The maximum absolute atomic E-state index is 12.5. The van der Waals surface area contributed by atoms with E-state index in [9.17, 15) is 4.79 Å². The largest absolute Gasteiger partial charge is 0.493 e. The summed E-state index contributed by atoms with van der Waals surface area (Å²) in [6, 6.07) is 9.72. The van der Waals surface area contributed by atoms with Gasteiger partial charge in [0, 0.05) is 18.8 Å². The highest BCUT2D eigenvalue weighted by Gasteiger charge is 2.14. The van der Waals surface area contributed by atoms with Gasteiger partial charge in [0.25, 0.3) is 5.91 Å². The zero-order valence-corrected chi connectivity index (χ0v) is 17.7. The fraction of sp³-hybridized carbons (Fsp3) is 0.238. The Hall–Kier alpha value is -3.46. The number of carbonyl (C=O) groups excluding carboxylic acids is 1. The number of fused-ring (bicyclic) bond motifs is 1. The summed E-state index contributed by atoms with van der Waals surface area (Å²) in [6.07, 6.45) is 5.06. The van der Waals surface area contributed by atoms with E-state index in [1.54, 1.807) is 20.4 Å². The summed E-state index contributed by atoms with van der Waals surface area (Å²) < 4.78 is 12.4. The van der Waals surface area contributed by atoms with E-state index in [0.29, 0.717) is 28.7 Å². The molecule has 0 saturated heterocycles. The molecular formula is C21H21N5O3S. The first kappa shape index (κ1) is 19.8. The van der Waals surface area contributed by atoms with E-state index >= 15 is 0 Å². The molecule has 9 heteroatoms. The van der Waals surface area contributed by atoms with E-state index < -0.39 is 0 Å². The van der Waals surface area contributed by atoms with Crippen molar-refractivity contribution in [1.29, 1.82) is 0 Å². The molecule has 1 N–H and O–H groups in total. The van der Waals surface area contributed by atoms with E-state index in [4.69, 9.17) is 9.47 Å². The first-order valence-electron chi connectivity index (χ1n) is 9.35. The van der Waals surface area contributed by atoms with Gasteiger partial charge in [-0.1, -0.05) is 17.4 Å². The predicted octanol–water partition coefficient (Wildman–Crippen LogP) is 3.55. The number of amides is 1. The second kappa shape index (κ2) is 8.50. The molecule has 0 saturated carbocycles. The van der Waals surface area contributed by atoms with Crippen LogP contribution in [0.3, 0.4) is 0 Å². The van der Waals surface area contributed by atoms with Gasteiger partial charge in [0.2, 0.25) is 5.13 Å². The molecule has 0 aliphatic carbocycles. The minimum absolute atomic E-state index is 0.307. The second-order valence-corrected chi connectivity index (χ2v) is 7.80. The fourth-order valence-corrected chi connectivity index (χ4v) is 3.78. The molecule has 1 amide bonds. The first-order valence-corrected chi connectivity index (χ1v) is 10.2. The van der Waals surface area contributed by atoms with Gasteiger partial charge in [0.15, 0.2) is 11.5 Å². The van der Waals surface area contributed by atoms with Gasteiger partial charge in [0.05, 0.1) is 14.2 Å². The van der Waals surface area contributed by atoms with Crippen LogP contribution in [0, 0.1) is 6.92 Å². The number of aromatic nitrogens is 4. The number of aryl methyl sites for hydroxylation is 3. The van der Waals surface area contributed by atoms with E-state index in [0.717, 1.165) is 28.2 Å². The lowest BCUT2D eigenvalue weighted by Crippen LogP contribution is -2.12. The van der Waals surface area contributed by atoms with Gasteiger partial charge >= 0.3 is 0 Å². The quantitative estimate of drug-likeness (QED) is 0.489. The highest BCUT2D eigenvalue weighted by atomic mass is 32.1. The molecule has 4 aromatic rings. The molecule has 3 aromatic heterocycles. The summed E-state index contributed by atoms with van der Waals surface area (Å²) in [5.41, 5.74) is 3.26. The molecule has 0 aliphatic heterocycles. The molecule has 0 bridgehead atoms. The molecule has 0 spiro atoms. The number of ether oxygens (including phenoxy) is 2. The Morgan fingerprint density at radius 2 is 1.93 bits per heavy atom. The van der Waals surface area contributed by atoms with Crippen LogP contribution in [0.4, 0.5) is 5.13 Å². The average Bonchev–Trinajstić information content (AvgIpc) is 3.38. The van der Waals surface area contributed by atoms with Crippen LogP contribution in [0.2, 0.25) is 0 Å². The minimum Gasteiger partial charge on any atom is -0.493 e. The Kier molecular flexibility index (Phi) is 5.62. The van der Waals surface area contributed by atoms with Crippen molar-refractivity contribution < 1.29 is 14.3 Å². The van der Waals surface area contributed by atoms with Gasteiger partial charge in [-0.3, -0.25) is 10.1 Å². The molecule has 3 heterocycles. The number of hydrogen-bond acceptors (Lipinski definition) is 7. The molecule has 154 valence electrons. The number of imidazole rings is 1. The highest BCUT2D eigenvalue weighted by Crippen LogP contribution is 2.28. The highest BCUT2D eigenvalue weighted by molar-refractivity contribution is 7.15. The number of pyridine rings is 1. The third kappa shape index (κ3) is 4.25. The number of rotatable bonds is 7. The Labute approximate surface area is 177 Å². The summed E-state index contributed by atoms with van der Waals surface area (Å²) >= 11 is 1.36.